The van der Waals surface area contributed by atoms with Gasteiger partial charge in [0.1, 0.15) is 22.5 Å². The van der Waals surface area contributed by atoms with Crippen LogP contribution in [0.5, 0.6) is 0 Å². The number of nitrogens with zero attached hydrogens (tertiary/aromatic N) is 3. The van der Waals surface area contributed by atoms with E-state index in [1.54, 1.807) is 11.3 Å². The molecule has 0 spiro atoms. The summed E-state index contributed by atoms with van der Waals surface area (Å²) < 4.78 is 0. The summed E-state index contributed by atoms with van der Waals surface area (Å²) in [4.78, 5) is 13.3. The third-order valence-electron chi connectivity index (χ3n) is 2.71. The first-order chi connectivity index (χ1) is 9.81. The van der Waals surface area contributed by atoms with Gasteiger partial charge in [-0.15, -0.1) is 11.3 Å². The molecule has 6 heteroatoms. The molecule has 5 nitrogen and oxygen atoms in total. The van der Waals surface area contributed by atoms with E-state index in [1.165, 1.54) is 0 Å². The van der Waals surface area contributed by atoms with E-state index in [-0.39, 0.29) is 0 Å². The van der Waals surface area contributed by atoms with Crippen LogP contribution in [-0.2, 0) is 13.0 Å². The van der Waals surface area contributed by atoms with Gasteiger partial charge >= 0.3 is 0 Å². The second kappa shape index (κ2) is 7.79. The highest BCUT2D eigenvalue weighted by Gasteiger charge is 2.04. The van der Waals surface area contributed by atoms with E-state index in [9.17, 15) is 0 Å². The standard InChI is InChI=1S/C14H21N5S/c1-3-5-11-18-12(15-6-4-2)9-13(19-11)17-10-14-16-7-8-20-14/h7-9H,3-6,10H2,1-2H3,(H2,15,17,18,19). The Bertz CT molecular complexity index is 512. The van der Waals surface area contributed by atoms with Crippen LogP contribution in [0.1, 0.15) is 37.5 Å². The van der Waals surface area contributed by atoms with Crippen molar-refractivity contribution in [2.45, 2.75) is 39.7 Å². The molecule has 2 N–H and O–H groups in total. The largest absolute Gasteiger partial charge is 0.370 e. The average Bonchev–Trinajstić information content (AvgIpc) is 2.96. The minimum atomic E-state index is 0.702. The zero-order valence-electron chi connectivity index (χ0n) is 12.0. The van der Waals surface area contributed by atoms with Gasteiger partial charge in [-0.05, 0) is 12.8 Å². The Kier molecular flexibility index (Phi) is 5.73. The number of anilines is 2. The molecular formula is C14H21N5S. The molecule has 0 aromatic carbocycles. The predicted molar refractivity (Wildman–Crippen MR) is 84.2 cm³/mol. The highest BCUT2D eigenvalue weighted by atomic mass is 32.1. The van der Waals surface area contributed by atoms with Crippen LogP contribution >= 0.6 is 11.3 Å². The lowest BCUT2D eigenvalue weighted by Crippen LogP contribution is -2.08. The highest BCUT2D eigenvalue weighted by molar-refractivity contribution is 7.09. The predicted octanol–water partition coefficient (Wildman–Crippen LogP) is 3.32. The lowest BCUT2D eigenvalue weighted by Gasteiger charge is -2.10. The van der Waals surface area contributed by atoms with E-state index < -0.39 is 0 Å². The summed E-state index contributed by atoms with van der Waals surface area (Å²) >= 11 is 1.64. The molecule has 0 amide bonds. The fourth-order valence-corrected chi connectivity index (χ4v) is 2.33. The molecule has 0 fully saturated rings. The Morgan fingerprint density at radius 3 is 2.55 bits per heavy atom. The number of thiazole rings is 1. The van der Waals surface area contributed by atoms with Crippen LogP contribution in [0.15, 0.2) is 17.6 Å². The zero-order chi connectivity index (χ0) is 14.2. The highest BCUT2D eigenvalue weighted by Crippen LogP contribution is 2.14. The molecule has 0 saturated carbocycles. The van der Waals surface area contributed by atoms with Gasteiger partial charge in [0.05, 0.1) is 6.54 Å². The molecule has 0 bridgehead atoms. The minimum absolute atomic E-state index is 0.702. The second-order valence-corrected chi connectivity index (χ2v) is 5.49. The molecule has 2 aromatic heterocycles. The van der Waals surface area contributed by atoms with Crippen molar-refractivity contribution >= 4 is 23.0 Å². The maximum atomic E-state index is 4.55. The molecule has 108 valence electrons. The van der Waals surface area contributed by atoms with E-state index >= 15 is 0 Å². The number of hydrogen-bond acceptors (Lipinski definition) is 6. The van der Waals surface area contributed by atoms with E-state index in [0.29, 0.717) is 6.54 Å². The van der Waals surface area contributed by atoms with Gasteiger partial charge in [0, 0.05) is 30.6 Å². The maximum absolute atomic E-state index is 4.55. The van der Waals surface area contributed by atoms with Gasteiger partial charge in [-0.3, -0.25) is 0 Å². The Morgan fingerprint density at radius 2 is 1.90 bits per heavy atom. The van der Waals surface area contributed by atoms with Crippen LogP contribution in [0.4, 0.5) is 11.6 Å². The second-order valence-electron chi connectivity index (χ2n) is 4.51. The third kappa shape index (κ3) is 4.45. The van der Waals surface area contributed by atoms with Gasteiger partial charge in [-0.2, -0.15) is 0 Å². The summed E-state index contributed by atoms with van der Waals surface area (Å²) in [7, 11) is 0. The topological polar surface area (TPSA) is 62.7 Å². The molecule has 0 saturated heterocycles. The molecule has 0 aliphatic heterocycles. The Morgan fingerprint density at radius 1 is 1.10 bits per heavy atom. The van der Waals surface area contributed by atoms with Crippen molar-refractivity contribution in [3.8, 4) is 0 Å². The van der Waals surface area contributed by atoms with Crippen LogP contribution in [0.2, 0.25) is 0 Å². The number of aromatic nitrogens is 3. The van der Waals surface area contributed by atoms with E-state index in [1.807, 2.05) is 17.6 Å². The minimum Gasteiger partial charge on any atom is -0.370 e. The number of rotatable bonds is 8. The average molecular weight is 291 g/mol. The fraction of sp³-hybridized carbons (Fsp3) is 0.500. The summed E-state index contributed by atoms with van der Waals surface area (Å²) in [5, 5.41) is 9.68. The molecule has 0 atom stereocenters. The van der Waals surface area contributed by atoms with Gasteiger partial charge in [-0.1, -0.05) is 13.8 Å². The molecule has 0 radical (unpaired) electrons. The van der Waals surface area contributed by atoms with Crippen molar-refractivity contribution in [3.05, 3.63) is 28.5 Å². The Balaban J connectivity index is 2.06. The van der Waals surface area contributed by atoms with Crippen LogP contribution in [-0.4, -0.2) is 21.5 Å². The van der Waals surface area contributed by atoms with E-state index in [0.717, 1.165) is 48.3 Å². The van der Waals surface area contributed by atoms with Crippen molar-refractivity contribution in [1.29, 1.82) is 0 Å². The Labute approximate surface area is 123 Å². The van der Waals surface area contributed by atoms with Crippen molar-refractivity contribution in [3.63, 3.8) is 0 Å². The summed E-state index contributed by atoms with van der Waals surface area (Å²) in [5.41, 5.74) is 0. The summed E-state index contributed by atoms with van der Waals surface area (Å²) in [6.07, 6.45) is 4.84. The molecule has 20 heavy (non-hydrogen) atoms. The number of hydrogen-bond donors (Lipinski definition) is 2. The van der Waals surface area contributed by atoms with Crippen LogP contribution in [0.3, 0.4) is 0 Å². The molecule has 0 unspecified atom stereocenters. The van der Waals surface area contributed by atoms with E-state index in [4.69, 9.17) is 0 Å². The maximum Gasteiger partial charge on any atom is 0.133 e. The first kappa shape index (κ1) is 14.7. The van der Waals surface area contributed by atoms with Crippen molar-refractivity contribution in [2.75, 3.05) is 17.2 Å². The SMILES string of the molecule is CCCNc1cc(NCc2nccs2)nc(CCC)n1. The number of nitrogens with one attached hydrogen (secondary N) is 2. The van der Waals surface area contributed by atoms with Crippen molar-refractivity contribution < 1.29 is 0 Å². The van der Waals surface area contributed by atoms with Gasteiger partial charge in [0.2, 0.25) is 0 Å². The molecular weight excluding hydrogens is 270 g/mol. The zero-order valence-corrected chi connectivity index (χ0v) is 12.8. The van der Waals surface area contributed by atoms with Gasteiger partial charge in [0.25, 0.3) is 0 Å². The number of aryl methyl sites for hydroxylation is 1. The van der Waals surface area contributed by atoms with Crippen LogP contribution in [0.25, 0.3) is 0 Å². The lowest BCUT2D eigenvalue weighted by atomic mass is 10.3. The fourth-order valence-electron chi connectivity index (χ4n) is 1.77. The summed E-state index contributed by atoms with van der Waals surface area (Å²) in [6, 6.07) is 1.96. The summed E-state index contributed by atoms with van der Waals surface area (Å²) in [6.45, 7) is 5.91. The first-order valence-electron chi connectivity index (χ1n) is 7.06. The van der Waals surface area contributed by atoms with Gasteiger partial charge in [0.15, 0.2) is 0 Å². The van der Waals surface area contributed by atoms with Crippen molar-refractivity contribution in [2.24, 2.45) is 0 Å². The molecule has 2 rings (SSSR count). The molecule has 0 aliphatic rings. The smallest absolute Gasteiger partial charge is 0.133 e. The molecule has 0 aliphatic carbocycles. The molecule has 2 heterocycles. The lowest BCUT2D eigenvalue weighted by molar-refractivity contribution is 0.831. The van der Waals surface area contributed by atoms with E-state index in [2.05, 4.69) is 39.4 Å². The van der Waals surface area contributed by atoms with Gasteiger partial charge in [-0.25, -0.2) is 15.0 Å². The normalized spacial score (nSPS) is 10.5. The monoisotopic (exact) mass is 291 g/mol. The van der Waals surface area contributed by atoms with Gasteiger partial charge < -0.3 is 10.6 Å². The third-order valence-corrected chi connectivity index (χ3v) is 3.49. The van der Waals surface area contributed by atoms with Crippen LogP contribution in [0, 0.1) is 0 Å². The van der Waals surface area contributed by atoms with Crippen LogP contribution < -0.4 is 10.6 Å². The summed E-state index contributed by atoms with van der Waals surface area (Å²) in [5.74, 6) is 2.64. The van der Waals surface area contributed by atoms with Crippen molar-refractivity contribution in [1.82, 2.24) is 15.0 Å². The molecule has 2 aromatic rings. The Hall–Kier alpha value is -1.69. The first-order valence-corrected chi connectivity index (χ1v) is 7.93. The quantitative estimate of drug-likeness (QED) is 0.781.